The molecule has 2 aromatic rings. The number of benzene rings is 1. The predicted octanol–water partition coefficient (Wildman–Crippen LogP) is 3.79. The summed E-state index contributed by atoms with van der Waals surface area (Å²) in [5.74, 6) is 0.478. The van der Waals surface area contributed by atoms with Gasteiger partial charge in [-0.1, -0.05) is 11.6 Å². The standard InChI is InChI=1S/C18H17NO2S/c1-11-19-15-8-12(2-4-16(15)22-11)10-18-7-6-14(20)9-13(18)3-5-17(18)21/h2,4,8-9H,3,5-7,10H2,1H3/t18-/m1/s1. The molecule has 1 aromatic heterocycles. The second-order valence-electron chi connectivity index (χ2n) is 6.35. The molecule has 0 saturated heterocycles. The van der Waals surface area contributed by atoms with Gasteiger partial charge < -0.3 is 0 Å². The fourth-order valence-electron chi connectivity index (χ4n) is 3.87. The summed E-state index contributed by atoms with van der Waals surface area (Å²) in [4.78, 5) is 28.8. The Morgan fingerprint density at radius 3 is 2.95 bits per heavy atom. The highest BCUT2D eigenvalue weighted by atomic mass is 32.1. The number of aromatic nitrogens is 1. The number of carbonyl (C=O) groups is 2. The van der Waals surface area contributed by atoms with Crippen LogP contribution in [0, 0.1) is 12.3 Å². The van der Waals surface area contributed by atoms with Crippen molar-refractivity contribution in [2.75, 3.05) is 0 Å². The van der Waals surface area contributed by atoms with Gasteiger partial charge in [-0.05, 0) is 50.0 Å². The van der Waals surface area contributed by atoms with Crippen LogP contribution in [-0.4, -0.2) is 16.6 Å². The van der Waals surface area contributed by atoms with Crippen LogP contribution in [0.4, 0.5) is 0 Å². The van der Waals surface area contributed by atoms with Crippen molar-refractivity contribution in [3.8, 4) is 0 Å². The van der Waals surface area contributed by atoms with Gasteiger partial charge in [0.2, 0.25) is 0 Å². The maximum Gasteiger partial charge on any atom is 0.155 e. The van der Waals surface area contributed by atoms with Gasteiger partial charge >= 0.3 is 0 Å². The third-order valence-electron chi connectivity index (χ3n) is 4.97. The maximum atomic E-state index is 12.5. The van der Waals surface area contributed by atoms with E-state index in [2.05, 4.69) is 23.2 Å². The molecule has 1 atom stereocenters. The number of nitrogens with zero attached hydrogens (tertiary/aromatic N) is 1. The van der Waals surface area contributed by atoms with Crippen LogP contribution in [0.15, 0.2) is 29.8 Å². The van der Waals surface area contributed by atoms with Crippen molar-refractivity contribution < 1.29 is 9.59 Å². The van der Waals surface area contributed by atoms with E-state index in [0.717, 1.165) is 28.1 Å². The van der Waals surface area contributed by atoms with E-state index in [4.69, 9.17) is 0 Å². The van der Waals surface area contributed by atoms with Crippen LogP contribution in [0.5, 0.6) is 0 Å². The SMILES string of the molecule is Cc1nc2cc(C[C@]34CCC(=O)C=C3CCC4=O)ccc2s1. The van der Waals surface area contributed by atoms with E-state index in [1.54, 1.807) is 17.4 Å². The van der Waals surface area contributed by atoms with Crippen molar-refractivity contribution in [1.82, 2.24) is 4.98 Å². The molecule has 0 amide bonds. The van der Waals surface area contributed by atoms with Gasteiger partial charge in [0.05, 0.1) is 20.6 Å². The van der Waals surface area contributed by atoms with Crippen molar-refractivity contribution in [1.29, 1.82) is 0 Å². The first-order chi connectivity index (χ1) is 10.6. The van der Waals surface area contributed by atoms with Gasteiger partial charge in [0, 0.05) is 12.8 Å². The number of hydrogen-bond donors (Lipinski definition) is 0. The summed E-state index contributed by atoms with van der Waals surface area (Å²) in [5.41, 5.74) is 2.79. The number of thiazole rings is 1. The van der Waals surface area contributed by atoms with E-state index in [1.807, 2.05) is 6.92 Å². The van der Waals surface area contributed by atoms with Crippen LogP contribution in [-0.2, 0) is 16.0 Å². The zero-order valence-electron chi connectivity index (χ0n) is 12.5. The second-order valence-corrected chi connectivity index (χ2v) is 7.59. The van der Waals surface area contributed by atoms with E-state index >= 15 is 0 Å². The predicted molar refractivity (Wildman–Crippen MR) is 87.1 cm³/mol. The molecule has 22 heavy (non-hydrogen) atoms. The number of allylic oxidation sites excluding steroid dienone is 2. The van der Waals surface area contributed by atoms with E-state index in [9.17, 15) is 9.59 Å². The minimum Gasteiger partial charge on any atom is -0.299 e. The molecule has 0 unspecified atom stereocenters. The Balaban J connectivity index is 1.74. The quantitative estimate of drug-likeness (QED) is 0.848. The number of Topliss-reactive ketones (excluding diaryl/α,β-unsaturated/α-hetero) is 1. The lowest BCUT2D eigenvalue weighted by Crippen LogP contribution is -2.33. The summed E-state index contributed by atoms with van der Waals surface area (Å²) < 4.78 is 1.19. The molecule has 3 nitrogen and oxygen atoms in total. The first kappa shape index (κ1) is 13.8. The molecular weight excluding hydrogens is 294 g/mol. The molecule has 1 fully saturated rings. The Bertz CT molecular complexity index is 833. The van der Waals surface area contributed by atoms with Crippen molar-refractivity contribution in [2.24, 2.45) is 5.41 Å². The van der Waals surface area contributed by atoms with Gasteiger partial charge in [0.1, 0.15) is 5.78 Å². The van der Waals surface area contributed by atoms with Crippen molar-refractivity contribution >= 4 is 33.1 Å². The first-order valence-corrected chi connectivity index (χ1v) is 8.52. The molecule has 4 rings (SSSR count). The highest BCUT2D eigenvalue weighted by Crippen LogP contribution is 2.48. The lowest BCUT2D eigenvalue weighted by molar-refractivity contribution is -0.125. The molecule has 1 aromatic carbocycles. The molecule has 2 aliphatic rings. The molecule has 112 valence electrons. The number of rotatable bonds is 2. The summed E-state index contributed by atoms with van der Waals surface area (Å²) in [7, 11) is 0. The monoisotopic (exact) mass is 311 g/mol. The zero-order chi connectivity index (χ0) is 15.3. The Morgan fingerprint density at radius 1 is 1.23 bits per heavy atom. The normalized spacial score (nSPS) is 24.7. The van der Waals surface area contributed by atoms with Crippen molar-refractivity contribution in [2.45, 2.75) is 39.0 Å². The highest BCUT2D eigenvalue weighted by molar-refractivity contribution is 7.18. The molecule has 4 heteroatoms. The Hall–Kier alpha value is -1.81. The lowest BCUT2D eigenvalue weighted by atomic mass is 9.69. The number of fused-ring (bicyclic) bond motifs is 2. The van der Waals surface area contributed by atoms with E-state index in [1.165, 1.54) is 4.70 Å². The number of hydrogen-bond acceptors (Lipinski definition) is 4. The molecule has 0 spiro atoms. The third kappa shape index (κ3) is 2.05. The van der Waals surface area contributed by atoms with Gasteiger partial charge in [0.25, 0.3) is 0 Å². The average molecular weight is 311 g/mol. The maximum absolute atomic E-state index is 12.5. The first-order valence-electron chi connectivity index (χ1n) is 7.70. The third-order valence-corrected chi connectivity index (χ3v) is 5.92. The van der Waals surface area contributed by atoms with E-state index in [0.29, 0.717) is 31.5 Å². The molecule has 1 saturated carbocycles. The average Bonchev–Trinajstić information content (AvgIpc) is 3.00. The minimum atomic E-state index is -0.424. The smallest absolute Gasteiger partial charge is 0.155 e. The Morgan fingerprint density at radius 2 is 2.09 bits per heavy atom. The summed E-state index contributed by atoms with van der Waals surface area (Å²) in [6.07, 6.45) is 4.94. The van der Waals surface area contributed by atoms with Crippen LogP contribution < -0.4 is 0 Å². The van der Waals surface area contributed by atoms with Crippen molar-refractivity contribution in [3.05, 3.63) is 40.4 Å². The molecule has 0 bridgehead atoms. The van der Waals surface area contributed by atoms with E-state index in [-0.39, 0.29) is 5.78 Å². The van der Waals surface area contributed by atoms with Gasteiger partial charge in [0.15, 0.2) is 5.78 Å². The van der Waals surface area contributed by atoms with Gasteiger partial charge in [-0.25, -0.2) is 4.98 Å². The second kappa shape index (κ2) is 4.85. The summed E-state index contributed by atoms with van der Waals surface area (Å²) in [6.45, 7) is 2.01. The van der Waals surface area contributed by atoms with Crippen LogP contribution in [0.2, 0.25) is 0 Å². The molecule has 1 heterocycles. The van der Waals surface area contributed by atoms with Crippen LogP contribution >= 0.6 is 11.3 Å². The number of carbonyl (C=O) groups excluding carboxylic acids is 2. The summed E-state index contributed by atoms with van der Waals surface area (Å²) in [5, 5.41) is 1.06. The van der Waals surface area contributed by atoms with E-state index < -0.39 is 5.41 Å². The van der Waals surface area contributed by atoms with Crippen molar-refractivity contribution in [3.63, 3.8) is 0 Å². The summed E-state index contributed by atoms with van der Waals surface area (Å²) in [6, 6.07) is 6.31. The molecular formula is C18H17NO2S. The van der Waals surface area contributed by atoms with Crippen LogP contribution in [0.1, 0.15) is 36.3 Å². The summed E-state index contributed by atoms with van der Waals surface area (Å²) >= 11 is 1.69. The topological polar surface area (TPSA) is 47.0 Å². The lowest BCUT2D eigenvalue weighted by Gasteiger charge is -2.32. The van der Waals surface area contributed by atoms with Crippen LogP contribution in [0.3, 0.4) is 0 Å². The number of aryl methyl sites for hydroxylation is 1. The molecule has 0 aliphatic heterocycles. The van der Waals surface area contributed by atoms with Crippen LogP contribution in [0.25, 0.3) is 10.2 Å². The molecule has 2 aliphatic carbocycles. The largest absolute Gasteiger partial charge is 0.299 e. The molecule has 0 N–H and O–H groups in total. The van der Waals surface area contributed by atoms with Gasteiger partial charge in [-0.15, -0.1) is 11.3 Å². The number of ketones is 2. The van der Waals surface area contributed by atoms with Gasteiger partial charge in [-0.3, -0.25) is 9.59 Å². The minimum absolute atomic E-state index is 0.172. The van der Waals surface area contributed by atoms with Gasteiger partial charge in [-0.2, -0.15) is 0 Å². The molecule has 0 radical (unpaired) electrons. The Kier molecular flexibility index (Phi) is 3.05. The fraction of sp³-hybridized carbons (Fsp3) is 0.389. The zero-order valence-corrected chi connectivity index (χ0v) is 13.3. The Labute approximate surface area is 133 Å². The highest BCUT2D eigenvalue weighted by Gasteiger charge is 2.47. The fourth-order valence-corrected chi connectivity index (χ4v) is 4.67.